The highest BCUT2D eigenvalue weighted by Gasteiger charge is 2.13. The zero-order chi connectivity index (χ0) is 17.2. The van der Waals surface area contributed by atoms with E-state index in [1.165, 1.54) is 0 Å². The first-order chi connectivity index (χ1) is 12.2. The van der Waals surface area contributed by atoms with Crippen LogP contribution in [-0.4, -0.2) is 24.9 Å². The van der Waals surface area contributed by atoms with Crippen LogP contribution in [0.1, 0.15) is 5.82 Å². The summed E-state index contributed by atoms with van der Waals surface area (Å²) < 4.78 is 7.55. The molecule has 0 aliphatic carbocycles. The zero-order valence-corrected chi connectivity index (χ0v) is 13.6. The number of benzene rings is 2. The van der Waals surface area contributed by atoms with E-state index >= 15 is 0 Å². The summed E-state index contributed by atoms with van der Waals surface area (Å²) in [6, 6.07) is 17.3. The number of ether oxygens (including phenoxy) is 1. The molecule has 0 unspecified atom stereocenters. The second kappa shape index (κ2) is 6.33. The van der Waals surface area contributed by atoms with Crippen molar-refractivity contribution >= 4 is 11.0 Å². The Labute approximate surface area is 144 Å². The van der Waals surface area contributed by atoms with E-state index in [1.807, 2.05) is 61.6 Å². The van der Waals surface area contributed by atoms with E-state index in [1.54, 1.807) is 10.9 Å². The average molecular weight is 332 g/mol. The Hall–Kier alpha value is -3.25. The Bertz CT molecular complexity index is 1010. The van der Waals surface area contributed by atoms with Crippen molar-refractivity contribution in [3.63, 3.8) is 0 Å². The minimum atomic E-state index is -0.200. The molecule has 0 spiro atoms. The van der Waals surface area contributed by atoms with Crippen LogP contribution in [0.2, 0.25) is 0 Å². The van der Waals surface area contributed by atoms with Crippen molar-refractivity contribution in [1.29, 1.82) is 0 Å². The molecule has 0 saturated heterocycles. The number of fused-ring (bicyclic) bond motifs is 1. The number of nitrogens with zero attached hydrogens (tertiary/aromatic N) is 4. The molecule has 0 atom stereocenters. The third-order valence-corrected chi connectivity index (χ3v) is 3.89. The first-order valence-electron chi connectivity index (χ1n) is 7.87. The fourth-order valence-corrected chi connectivity index (χ4v) is 2.65. The van der Waals surface area contributed by atoms with E-state index in [9.17, 15) is 5.11 Å². The number of aliphatic hydroxyl groups is 1. The van der Waals surface area contributed by atoms with Crippen molar-refractivity contribution < 1.29 is 9.84 Å². The highest BCUT2D eigenvalue weighted by molar-refractivity contribution is 5.89. The molecule has 6 nitrogen and oxygen atoms in total. The van der Waals surface area contributed by atoms with Crippen molar-refractivity contribution in [3.8, 4) is 22.8 Å². The molecular formula is C19H16N4O2. The van der Waals surface area contributed by atoms with Crippen molar-refractivity contribution in [2.24, 2.45) is 7.05 Å². The molecule has 0 radical (unpaired) electrons. The smallest absolute Gasteiger partial charge is 0.154 e. The summed E-state index contributed by atoms with van der Waals surface area (Å²) in [4.78, 5) is 8.52. The lowest BCUT2D eigenvalue weighted by Gasteiger charge is -2.06. The molecule has 0 amide bonds. The van der Waals surface area contributed by atoms with Gasteiger partial charge in [0.05, 0.1) is 6.20 Å². The summed E-state index contributed by atoms with van der Waals surface area (Å²) >= 11 is 0. The van der Waals surface area contributed by atoms with Crippen LogP contribution in [0.3, 0.4) is 0 Å². The number of hydrogen-bond acceptors (Lipinski definition) is 5. The fraction of sp³-hybridized carbons (Fsp3) is 0.105. The van der Waals surface area contributed by atoms with Gasteiger partial charge < -0.3 is 9.84 Å². The maximum absolute atomic E-state index is 9.27. The van der Waals surface area contributed by atoms with Crippen LogP contribution in [-0.2, 0) is 13.7 Å². The molecule has 0 aliphatic rings. The fourth-order valence-electron chi connectivity index (χ4n) is 2.65. The minimum Gasteiger partial charge on any atom is -0.457 e. The molecule has 25 heavy (non-hydrogen) atoms. The molecule has 0 fully saturated rings. The maximum atomic E-state index is 9.27. The van der Waals surface area contributed by atoms with Gasteiger partial charge in [0.15, 0.2) is 5.82 Å². The Kier molecular flexibility index (Phi) is 3.87. The van der Waals surface area contributed by atoms with E-state index in [4.69, 9.17) is 4.74 Å². The molecule has 0 bridgehead atoms. The Balaban J connectivity index is 1.69. The number of aryl methyl sites for hydroxylation is 1. The van der Waals surface area contributed by atoms with Gasteiger partial charge in [0.25, 0.3) is 0 Å². The van der Waals surface area contributed by atoms with Gasteiger partial charge in [-0.1, -0.05) is 18.2 Å². The molecular weight excluding hydrogens is 316 g/mol. The Morgan fingerprint density at radius 1 is 1.00 bits per heavy atom. The molecule has 0 saturated carbocycles. The predicted molar refractivity (Wildman–Crippen MR) is 94.2 cm³/mol. The highest BCUT2D eigenvalue weighted by atomic mass is 16.5. The minimum absolute atomic E-state index is 0.200. The molecule has 124 valence electrons. The molecule has 1 N–H and O–H groups in total. The largest absolute Gasteiger partial charge is 0.457 e. The van der Waals surface area contributed by atoms with Gasteiger partial charge in [-0.25, -0.2) is 9.97 Å². The van der Waals surface area contributed by atoms with E-state index < -0.39 is 0 Å². The van der Waals surface area contributed by atoms with Crippen LogP contribution in [0.4, 0.5) is 0 Å². The summed E-state index contributed by atoms with van der Waals surface area (Å²) in [5, 5.41) is 13.8. The van der Waals surface area contributed by atoms with Crippen LogP contribution in [0.5, 0.6) is 11.5 Å². The lowest BCUT2D eigenvalue weighted by Crippen LogP contribution is -1.95. The quantitative estimate of drug-likeness (QED) is 0.621. The van der Waals surface area contributed by atoms with E-state index in [0.717, 1.165) is 33.8 Å². The van der Waals surface area contributed by atoms with Crippen molar-refractivity contribution in [3.05, 3.63) is 66.6 Å². The van der Waals surface area contributed by atoms with E-state index in [0.29, 0.717) is 5.82 Å². The number of aliphatic hydroxyl groups excluding tert-OH is 1. The van der Waals surface area contributed by atoms with Gasteiger partial charge in [0.1, 0.15) is 34.8 Å². The van der Waals surface area contributed by atoms with Crippen LogP contribution >= 0.6 is 0 Å². The van der Waals surface area contributed by atoms with Gasteiger partial charge >= 0.3 is 0 Å². The molecule has 4 aromatic rings. The molecule has 0 aliphatic heterocycles. The molecule has 2 aromatic heterocycles. The number of para-hydroxylation sites is 1. The van der Waals surface area contributed by atoms with Gasteiger partial charge in [-0.2, -0.15) is 5.10 Å². The molecule has 6 heteroatoms. The standard InChI is InChI=1S/C19H16N4O2/c1-23-16-11-20-17(12-24)21-19(16)18(22-23)13-7-9-15(10-8-13)25-14-5-3-2-4-6-14/h2-11,24H,12H2,1H3. The SMILES string of the molecule is Cn1nc(-c2ccc(Oc3ccccc3)cc2)c2nc(CO)ncc21. The third-order valence-electron chi connectivity index (χ3n) is 3.89. The summed E-state index contributed by atoms with van der Waals surface area (Å²) in [6.45, 7) is -0.200. The molecule has 2 aromatic carbocycles. The first-order valence-corrected chi connectivity index (χ1v) is 7.87. The van der Waals surface area contributed by atoms with Crippen molar-refractivity contribution in [2.75, 3.05) is 0 Å². The monoisotopic (exact) mass is 332 g/mol. The van der Waals surface area contributed by atoms with Crippen molar-refractivity contribution in [2.45, 2.75) is 6.61 Å². The third kappa shape index (κ3) is 2.95. The predicted octanol–water partition coefficient (Wildman–Crippen LogP) is 3.31. The summed E-state index contributed by atoms with van der Waals surface area (Å²) in [7, 11) is 1.85. The average Bonchev–Trinajstić information content (AvgIpc) is 2.99. The normalized spacial score (nSPS) is 11.0. The van der Waals surface area contributed by atoms with Crippen molar-refractivity contribution in [1.82, 2.24) is 19.7 Å². The van der Waals surface area contributed by atoms with E-state index in [-0.39, 0.29) is 6.61 Å². The van der Waals surface area contributed by atoms with Crippen LogP contribution in [0.15, 0.2) is 60.8 Å². The zero-order valence-electron chi connectivity index (χ0n) is 13.6. The van der Waals surface area contributed by atoms with Gasteiger partial charge in [-0.3, -0.25) is 4.68 Å². The summed E-state index contributed by atoms with van der Waals surface area (Å²) in [6.07, 6.45) is 1.68. The first kappa shape index (κ1) is 15.3. The maximum Gasteiger partial charge on any atom is 0.154 e. The van der Waals surface area contributed by atoms with Gasteiger partial charge in [0, 0.05) is 12.6 Å². The second-order valence-corrected chi connectivity index (χ2v) is 5.59. The van der Waals surface area contributed by atoms with Gasteiger partial charge in [-0.15, -0.1) is 0 Å². The van der Waals surface area contributed by atoms with Crippen LogP contribution in [0.25, 0.3) is 22.3 Å². The topological polar surface area (TPSA) is 73.1 Å². The number of rotatable bonds is 4. The second-order valence-electron chi connectivity index (χ2n) is 5.59. The Morgan fingerprint density at radius 2 is 1.72 bits per heavy atom. The number of hydrogen-bond donors (Lipinski definition) is 1. The molecule has 4 rings (SSSR count). The lowest BCUT2D eigenvalue weighted by molar-refractivity contribution is 0.272. The Morgan fingerprint density at radius 3 is 2.44 bits per heavy atom. The lowest BCUT2D eigenvalue weighted by atomic mass is 10.1. The van der Waals surface area contributed by atoms with Gasteiger partial charge in [0.2, 0.25) is 0 Å². The number of aromatic nitrogens is 4. The highest BCUT2D eigenvalue weighted by Crippen LogP contribution is 2.29. The van der Waals surface area contributed by atoms with E-state index in [2.05, 4.69) is 15.1 Å². The van der Waals surface area contributed by atoms with Gasteiger partial charge in [-0.05, 0) is 36.4 Å². The summed E-state index contributed by atoms with van der Waals surface area (Å²) in [5.41, 5.74) is 3.21. The molecule has 2 heterocycles. The summed E-state index contributed by atoms with van der Waals surface area (Å²) in [5.74, 6) is 1.92. The van der Waals surface area contributed by atoms with Crippen LogP contribution < -0.4 is 4.74 Å². The van der Waals surface area contributed by atoms with Crippen LogP contribution in [0, 0.1) is 0 Å².